The fourth-order valence-electron chi connectivity index (χ4n) is 1.10. The van der Waals surface area contributed by atoms with Crippen LogP contribution in [0.2, 0.25) is 0 Å². The highest BCUT2D eigenvalue weighted by Gasteiger charge is 1.94. The van der Waals surface area contributed by atoms with Gasteiger partial charge in [-0.25, -0.2) is 4.98 Å². The molecule has 0 radical (unpaired) electrons. The average molecular weight is 177 g/mol. The van der Waals surface area contributed by atoms with Gasteiger partial charge in [-0.1, -0.05) is 6.92 Å². The normalized spacial score (nSPS) is 10.7. The van der Waals surface area contributed by atoms with Gasteiger partial charge in [0.1, 0.15) is 5.82 Å². The Morgan fingerprint density at radius 3 is 2.85 bits per heavy atom. The summed E-state index contributed by atoms with van der Waals surface area (Å²) in [6.07, 6.45) is 2.75. The lowest BCUT2D eigenvalue weighted by atomic mass is 10.2. The Balaban J connectivity index is 2.71. The molecular formula is C10H15N3. The molecule has 3 nitrogen and oxygen atoms in total. The van der Waals surface area contributed by atoms with Gasteiger partial charge in [0.25, 0.3) is 0 Å². The number of aryl methyl sites for hydroxylation is 2. The molecule has 1 rings (SSSR count). The SMILES string of the molecule is CC/C=N/Nc1cc(C)cc(C)n1. The number of nitrogens with zero attached hydrogens (tertiary/aromatic N) is 2. The van der Waals surface area contributed by atoms with Crippen molar-refractivity contribution in [1.29, 1.82) is 0 Å². The second-order valence-corrected chi connectivity index (χ2v) is 3.00. The van der Waals surface area contributed by atoms with Crippen LogP contribution in [0.25, 0.3) is 0 Å². The molecule has 0 saturated carbocycles. The zero-order valence-corrected chi connectivity index (χ0v) is 8.33. The maximum Gasteiger partial charge on any atom is 0.146 e. The van der Waals surface area contributed by atoms with E-state index >= 15 is 0 Å². The molecule has 0 atom stereocenters. The van der Waals surface area contributed by atoms with Crippen molar-refractivity contribution >= 4 is 12.0 Å². The summed E-state index contributed by atoms with van der Waals surface area (Å²) in [5, 5.41) is 4.00. The Morgan fingerprint density at radius 2 is 2.23 bits per heavy atom. The fourth-order valence-corrected chi connectivity index (χ4v) is 1.10. The van der Waals surface area contributed by atoms with E-state index in [0.717, 1.165) is 17.9 Å². The number of hydrogen-bond acceptors (Lipinski definition) is 3. The molecule has 0 unspecified atom stereocenters. The Kier molecular flexibility index (Phi) is 3.43. The van der Waals surface area contributed by atoms with Crippen molar-refractivity contribution in [2.75, 3.05) is 5.43 Å². The molecule has 0 aliphatic heterocycles. The second-order valence-electron chi connectivity index (χ2n) is 3.00. The molecule has 1 heterocycles. The number of nitrogens with one attached hydrogen (secondary N) is 1. The molecule has 1 aromatic rings. The zero-order chi connectivity index (χ0) is 9.68. The smallest absolute Gasteiger partial charge is 0.146 e. The predicted octanol–water partition coefficient (Wildman–Crippen LogP) is 2.51. The van der Waals surface area contributed by atoms with E-state index in [4.69, 9.17) is 0 Å². The first-order chi connectivity index (χ1) is 6.22. The van der Waals surface area contributed by atoms with Crippen LogP contribution < -0.4 is 5.43 Å². The quantitative estimate of drug-likeness (QED) is 0.569. The summed E-state index contributed by atoms with van der Waals surface area (Å²) in [5.41, 5.74) is 5.09. The monoisotopic (exact) mass is 177 g/mol. The molecule has 0 fully saturated rings. The van der Waals surface area contributed by atoms with E-state index in [1.807, 2.05) is 39.1 Å². The topological polar surface area (TPSA) is 37.3 Å². The Labute approximate surface area is 78.9 Å². The van der Waals surface area contributed by atoms with Gasteiger partial charge >= 0.3 is 0 Å². The van der Waals surface area contributed by atoms with Crippen molar-refractivity contribution in [3.8, 4) is 0 Å². The lowest BCUT2D eigenvalue weighted by Crippen LogP contribution is -1.94. The summed E-state index contributed by atoms with van der Waals surface area (Å²) < 4.78 is 0. The van der Waals surface area contributed by atoms with Crippen molar-refractivity contribution in [3.63, 3.8) is 0 Å². The van der Waals surface area contributed by atoms with Crippen LogP contribution in [0.3, 0.4) is 0 Å². The van der Waals surface area contributed by atoms with Gasteiger partial charge in [-0.15, -0.1) is 0 Å². The molecule has 0 saturated heterocycles. The lowest BCUT2D eigenvalue weighted by molar-refractivity contribution is 1.14. The molecule has 0 bridgehead atoms. The van der Waals surface area contributed by atoms with Crippen LogP contribution in [0.15, 0.2) is 17.2 Å². The zero-order valence-electron chi connectivity index (χ0n) is 8.33. The van der Waals surface area contributed by atoms with E-state index in [2.05, 4.69) is 15.5 Å². The third-order valence-electron chi connectivity index (χ3n) is 1.55. The largest absolute Gasteiger partial charge is 0.262 e. The first-order valence-corrected chi connectivity index (χ1v) is 4.45. The molecule has 0 amide bonds. The minimum Gasteiger partial charge on any atom is -0.262 e. The van der Waals surface area contributed by atoms with Crippen molar-refractivity contribution in [1.82, 2.24) is 4.98 Å². The molecule has 70 valence electrons. The number of pyridine rings is 1. The third kappa shape index (κ3) is 3.23. The van der Waals surface area contributed by atoms with E-state index < -0.39 is 0 Å². The van der Waals surface area contributed by atoms with Crippen LogP contribution in [0.5, 0.6) is 0 Å². The van der Waals surface area contributed by atoms with Crippen LogP contribution in [-0.4, -0.2) is 11.2 Å². The molecule has 0 aliphatic rings. The minimum absolute atomic E-state index is 0.808. The highest BCUT2D eigenvalue weighted by atomic mass is 15.3. The summed E-state index contributed by atoms with van der Waals surface area (Å²) in [5.74, 6) is 0.808. The van der Waals surface area contributed by atoms with Gasteiger partial charge in [0, 0.05) is 11.9 Å². The first kappa shape index (κ1) is 9.71. The standard InChI is InChI=1S/C10H15N3/c1-4-5-11-13-10-7-8(2)6-9(3)12-10/h5-7H,4H2,1-3H3,(H,12,13)/b11-5+. The van der Waals surface area contributed by atoms with Gasteiger partial charge in [-0.2, -0.15) is 5.10 Å². The minimum atomic E-state index is 0.808. The number of rotatable bonds is 3. The summed E-state index contributed by atoms with van der Waals surface area (Å²) in [4.78, 5) is 4.28. The van der Waals surface area contributed by atoms with Gasteiger partial charge in [0.05, 0.1) is 0 Å². The van der Waals surface area contributed by atoms with Gasteiger partial charge in [-0.05, 0) is 38.0 Å². The third-order valence-corrected chi connectivity index (χ3v) is 1.55. The Morgan fingerprint density at radius 1 is 1.46 bits per heavy atom. The lowest BCUT2D eigenvalue weighted by Gasteiger charge is -2.01. The number of hydrazone groups is 1. The van der Waals surface area contributed by atoms with Gasteiger partial charge < -0.3 is 0 Å². The molecule has 0 aliphatic carbocycles. The summed E-state index contributed by atoms with van der Waals surface area (Å²) in [6.45, 7) is 6.06. The molecule has 3 heteroatoms. The van der Waals surface area contributed by atoms with Crippen LogP contribution in [-0.2, 0) is 0 Å². The summed E-state index contributed by atoms with van der Waals surface area (Å²) >= 11 is 0. The average Bonchev–Trinajstić information content (AvgIpc) is 2.03. The molecule has 0 spiro atoms. The number of hydrogen-bond donors (Lipinski definition) is 1. The summed E-state index contributed by atoms with van der Waals surface area (Å²) in [7, 11) is 0. The van der Waals surface area contributed by atoms with Crippen molar-refractivity contribution < 1.29 is 0 Å². The summed E-state index contributed by atoms with van der Waals surface area (Å²) in [6, 6.07) is 4.01. The number of anilines is 1. The molecule has 1 aromatic heterocycles. The fraction of sp³-hybridized carbons (Fsp3) is 0.400. The van der Waals surface area contributed by atoms with Crippen LogP contribution in [0.1, 0.15) is 24.6 Å². The van der Waals surface area contributed by atoms with Crippen molar-refractivity contribution in [2.45, 2.75) is 27.2 Å². The Bertz CT molecular complexity index is 285. The molecule has 0 aromatic carbocycles. The van der Waals surface area contributed by atoms with Crippen LogP contribution in [0.4, 0.5) is 5.82 Å². The van der Waals surface area contributed by atoms with E-state index in [0.29, 0.717) is 0 Å². The predicted molar refractivity (Wildman–Crippen MR) is 56.1 cm³/mol. The first-order valence-electron chi connectivity index (χ1n) is 4.45. The van der Waals surface area contributed by atoms with Gasteiger partial charge in [0.2, 0.25) is 0 Å². The highest BCUT2D eigenvalue weighted by Crippen LogP contribution is 2.08. The maximum absolute atomic E-state index is 4.28. The van der Waals surface area contributed by atoms with E-state index in [9.17, 15) is 0 Å². The van der Waals surface area contributed by atoms with Gasteiger partial charge in [0.15, 0.2) is 0 Å². The molecular weight excluding hydrogens is 162 g/mol. The van der Waals surface area contributed by atoms with E-state index in [1.165, 1.54) is 5.56 Å². The van der Waals surface area contributed by atoms with Crippen molar-refractivity contribution in [2.24, 2.45) is 5.10 Å². The molecule has 13 heavy (non-hydrogen) atoms. The van der Waals surface area contributed by atoms with E-state index in [-0.39, 0.29) is 0 Å². The molecule has 1 N–H and O–H groups in total. The maximum atomic E-state index is 4.28. The number of aromatic nitrogens is 1. The van der Waals surface area contributed by atoms with Crippen molar-refractivity contribution in [3.05, 3.63) is 23.4 Å². The van der Waals surface area contributed by atoms with Crippen LogP contribution >= 0.6 is 0 Å². The second kappa shape index (κ2) is 4.60. The van der Waals surface area contributed by atoms with E-state index in [1.54, 1.807) is 0 Å². The van der Waals surface area contributed by atoms with Crippen LogP contribution in [0, 0.1) is 13.8 Å². The van der Waals surface area contributed by atoms with Gasteiger partial charge in [-0.3, -0.25) is 5.43 Å². The Hall–Kier alpha value is -1.38. The highest BCUT2D eigenvalue weighted by molar-refractivity contribution is 5.58.